The highest BCUT2D eigenvalue weighted by atomic mass is 19.4. The van der Waals surface area contributed by atoms with Crippen LogP contribution in [-0.2, 0) is 6.42 Å². The molecule has 1 aliphatic carbocycles. The van der Waals surface area contributed by atoms with Crippen molar-refractivity contribution in [3.05, 3.63) is 29.8 Å². The molecule has 1 saturated carbocycles. The second-order valence-electron chi connectivity index (χ2n) is 4.99. The van der Waals surface area contributed by atoms with Gasteiger partial charge in [0.05, 0.1) is 0 Å². The van der Waals surface area contributed by atoms with E-state index in [-0.39, 0.29) is 5.75 Å². The predicted octanol–water partition coefficient (Wildman–Crippen LogP) is 2.54. The Morgan fingerprint density at radius 3 is 2.67 bits per heavy atom. The quantitative estimate of drug-likeness (QED) is 0.671. The zero-order valence-electron chi connectivity index (χ0n) is 11.7. The van der Waals surface area contributed by atoms with Crippen molar-refractivity contribution in [3.63, 3.8) is 0 Å². The summed E-state index contributed by atoms with van der Waals surface area (Å²) in [7, 11) is 1.87. The Morgan fingerprint density at radius 2 is 2.05 bits per heavy atom. The Labute approximate surface area is 121 Å². The van der Waals surface area contributed by atoms with Gasteiger partial charge in [0.15, 0.2) is 5.96 Å². The van der Waals surface area contributed by atoms with E-state index in [1.807, 2.05) is 11.9 Å². The van der Waals surface area contributed by atoms with E-state index in [1.165, 1.54) is 12.1 Å². The molecule has 2 rings (SSSR count). The standard InChI is InChI=1S/C14H18F3N3O/c1-20(11-6-7-11)13(18)19-9-8-10-4-2-3-5-12(10)21-14(15,16)17/h2-5,11H,6-9H2,1H3,(H2,18,19). The van der Waals surface area contributed by atoms with Crippen LogP contribution in [0.15, 0.2) is 29.3 Å². The maximum atomic E-state index is 12.3. The van der Waals surface area contributed by atoms with E-state index in [0.29, 0.717) is 30.5 Å². The van der Waals surface area contributed by atoms with Crippen molar-refractivity contribution in [2.24, 2.45) is 10.7 Å². The molecule has 2 N–H and O–H groups in total. The zero-order chi connectivity index (χ0) is 15.5. The highest BCUT2D eigenvalue weighted by Gasteiger charge is 2.32. The fourth-order valence-electron chi connectivity index (χ4n) is 1.99. The van der Waals surface area contributed by atoms with Crippen LogP contribution in [0.25, 0.3) is 0 Å². The molecular formula is C14H18F3N3O. The van der Waals surface area contributed by atoms with Crippen LogP contribution in [0.5, 0.6) is 5.75 Å². The van der Waals surface area contributed by atoms with Gasteiger partial charge < -0.3 is 15.4 Å². The van der Waals surface area contributed by atoms with Gasteiger partial charge in [-0.15, -0.1) is 13.2 Å². The van der Waals surface area contributed by atoms with E-state index >= 15 is 0 Å². The van der Waals surface area contributed by atoms with Gasteiger partial charge in [-0.1, -0.05) is 18.2 Å². The summed E-state index contributed by atoms with van der Waals surface area (Å²) in [6.45, 7) is 0.321. The second kappa shape index (κ2) is 6.24. The van der Waals surface area contributed by atoms with E-state index in [9.17, 15) is 13.2 Å². The number of halogens is 3. The normalized spacial score (nSPS) is 15.9. The van der Waals surface area contributed by atoms with Crippen molar-refractivity contribution in [1.29, 1.82) is 0 Å². The van der Waals surface area contributed by atoms with Crippen molar-refractivity contribution >= 4 is 5.96 Å². The van der Waals surface area contributed by atoms with Crippen molar-refractivity contribution in [2.45, 2.75) is 31.7 Å². The number of hydrogen-bond acceptors (Lipinski definition) is 2. The van der Waals surface area contributed by atoms with Crippen molar-refractivity contribution in [3.8, 4) is 5.75 Å². The van der Waals surface area contributed by atoms with Gasteiger partial charge in [-0.3, -0.25) is 4.99 Å². The number of nitrogens with two attached hydrogens (primary N) is 1. The third kappa shape index (κ3) is 4.84. The van der Waals surface area contributed by atoms with Crippen molar-refractivity contribution < 1.29 is 17.9 Å². The number of guanidine groups is 1. The molecule has 1 aliphatic rings. The van der Waals surface area contributed by atoms with E-state index < -0.39 is 6.36 Å². The number of nitrogens with zero attached hydrogens (tertiary/aromatic N) is 2. The van der Waals surface area contributed by atoms with Crippen LogP contribution in [0.2, 0.25) is 0 Å². The minimum atomic E-state index is -4.69. The smallest absolute Gasteiger partial charge is 0.406 e. The Morgan fingerprint density at radius 1 is 1.38 bits per heavy atom. The molecule has 0 heterocycles. The number of para-hydroxylation sites is 1. The summed E-state index contributed by atoms with van der Waals surface area (Å²) in [5, 5.41) is 0. The minimum Gasteiger partial charge on any atom is -0.406 e. The average molecular weight is 301 g/mol. The molecular weight excluding hydrogens is 283 g/mol. The van der Waals surface area contributed by atoms with Gasteiger partial charge in [0.1, 0.15) is 5.75 Å². The molecule has 0 aliphatic heterocycles. The highest BCUT2D eigenvalue weighted by Crippen LogP contribution is 2.27. The Hall–Kier alpha value is -1.92. The lowest BCUT2D eigenvalue weighted by molar-refractivity contribution is -0.274. The van der Waals surface area contributed by atoms with E-state index in [0.717, 1.165) is 12.8 Å². The molecule has 0 atom stereocenters. The molecule has 0 bridgehead atoms. The molecule has 1 aromatic rings. The molecule has 21 heavy (non-hydrogen) atoms. The van der Waals surface area contributed by atoms with Gasteiger partial charge in [-0.2, -0.15) is 0 Å². The zero-order valence-corrected chi connectivity index (χ0v) is 11.7. The topological polar surface area (TPSA) is 50.8 Å². The van der Waals surface area contributed by atoms with Gasteiger partial charge in [0.25, 0.3) is 0 Å². The first-order valence-electron chi connectivity index (χ1n) is 6.73. The molecule has 116 valence electrons. The third-order valence-electron chi connectivity index (χ3n) is 3.31. The van der Waals surface area contributed by atoms with Crippen LogP contribution in [0.3, 0.4) is 0 Å². The summed E-state index contributed by atoms with van der Waals surface area (Å²) >= 11 is 0. The van der Waals surface area contributed by atoms with Gasteiger partial charge in [-0.25, -0.2) is 0 Å². The Kier molecular flexibility index (Phi) is 4.59. The Balaban J connectivity index is 1.95. The largest absolute Gasteiger partial charge is 0.573 e. The summed E-state index contributed by atoms with van der Waals surface area (Å²) in [6.07, 6.45) is -2.14. The molecule has 1 fully saturated rings. The summed E-state index contributed by atoms with van der Waals surface area (Å²) in [5.74, 6) is 0.237. The molecule has 0 spiro atoms. The van der Waals surface area contributed by atoms with Crippen molar-refractivity contribution in [2.75, 3.05) is 13.6 Å². The van der Waals surface area contributed by atoms with Gasteiger partial charge in [0, 0.05) is 19.6 Å². The molecule has 0 amide bonds. The molecule has 1 aromatic carbocycles. The average Bonchev–Trinajstić information content (AvgIpc) is 3.22. The van der Waals surface area contributed by atoms with Crippen LogP contribution in [0, 0.1) is 0 Å². The Bertz CT molecular complexity index is 512. The number of hydrogen-bond donors (Lipinski definition) is 1. The van der Waals surface area contributed by atoms with Crippen LogP contribution < -0.4 is 10.5 Å². The van der Waals surface area contributed by atoms with E-state index in [1.54, 1.807) is 12.1 Å². The number of rotatable bonds is 5. The summed E-state index contributed by atoms with van der Waals surface area (Å²) < 4.78 is 40.9. The van der Waals surface area contributed by atoms with Gasteiger partial charge in [-0.05, 0) is 30.9 Å². The maximum absolute atomic E-state index is 12.3. The molecule has 7 heteroatoms. The fraction of sp³-hybridized carbons (Fsp3) is 0.500. The first kappa shape index (κ1) is 15.5. The lowest BCUT2D eigenvalue weighted by atomic mass is 10.1. The highest BCUT2D eigenvalue weighted by molar-refractivity contribution is 5.78. The fourth-order valence-corrected chi connectivity index (χ4v) is 1.99. The lowest BCUT2D eigenvalue weighted by Crippen LogP contribution is -2.35. The predicted molar refractivity (Wildman–Crippen MR) is 74.1 cm³/mol. The maximum Gasteiger partial charge on any atom is 0.573 e. The monoisotopic (exact) mass is 301 g/mol. The molecule has 0 aromatic heterocycles. The first-order chi connectivity index (χ1) is 9.87. The number of aliphatic imine (C=N–C) groups is 1. The minimum absolute atomic E-state index is 0.186. The number of benzene rings is 1. The van der Waals surface area contributed by atoms with Gasteiger partial charge in [0.2, 0.25) is 0 Å². The lowest BCUT2D eigenvalue weighted by Gasteiger charge is -2.17. The molecule has 0 radical (unpaired) electrons. The molecule has 4 nitrogen and oxygen atoms in total. The third-order valence-corrected chi connectivity index (χ3v) is 3.31. The number of ether oxygens (including phenoxy) is 1. The van der Waals surface area contributed by atoms with Gasteiger partial charge >= 0.3 is 6.36 Å². The van der Waals surface area contributed by atoms with E-state index in [2.05, 4.69) is 9.73 Å². The number of alkyl halides is 3. The summed E-state index contributed by atoms with van der Waals surface area (Å²) in [5.41, 5.74) is 6.29. The van der Waals surface area contributed by atoms with Crippen LogP contribution in [-0.4, -0.2) is 36.9 Å². The second-order valence-corrected chi connectivity index (χ2v) is 4.99. The van der Waals surface area contributed by atoms with Crippen molar-refractivity contribution in [1.82, 2.24) is 4.90 Å². The van der Waals surface area contributed by atoms with Crippen LogP contribution >= 0.6 is 0 Å². The summed E-state index contributed by atoms with van der Waals surface area (Å²) in [6, 6.07) is 6.52. The summed E-state index contributed by atoms with van der Waals surface area (Å²) in [4.78, 5) is 6.10. The first-order valence-corrected chi connectivity index (χ1v) is 6.73. The van der Waals surface area contributed by atoms with Crippen LogP contribution in [0.1, 0.15) is 18.4 Å². The van der Waals surface area contributed by atoms with E-state index in [4.69, 9.17) is 5.73 Å². The molecule has 0 saturated heterocycles. The SMILES string of the molecule is CN(C(N)=NCCc1ccccc1OC(F)(F)F)C1CC1. The molecule has 0 unspecified atom stereocenters. The van der Waals surface area contributed by atoms with Crippen LogP contribution in [0.4, 0.5) is 13.2 Å².